The third-order valence-corrected chi connectivity index (χ3v) is 7.94. The van der Waals surface area contributed by atoms with Crippen molar-refractivity contribution < 1.29 is 4.92 Å². The number of anilines is 2. The van der Waals surface area contributed by atoms with Crippen molar-refractivity contribution in [3.63, 3.8) is 0 Å². The number of hydrogen-bond acceptors (Lipinski definition) is 10. The fourth-order valence-corrected chi connectivity index (χ4v) is 6.05. The molecule has 0 saturated heterocycles. The normalized spacial score (nSPS) is 22.4. The predicted molar refractivity (Wildman–Crippen MR) is 140 cm³/mol. The molecule has 35 heavy (non-hydrogen) atoms. The summed E-state index contributed by atoms with van der Waals surface area (Å²) in [6.07, 6.45) is 8.40. The number of thiazole rings is 2. The van der Waals surface area contributed by atoms with Crippen molar-refractivity contribution in [1.29, 1.82) is 0 Å². The minimum absolute atomic E-state index is 0.0688. The number of hydrogen-bond donors (Lipinski definition) is 4. The highest BCUT2D eigenvalue weighted by molar-refractivity contribution is 7.18. The van der Waals surface area contributed by atoms with Crippen molar-refractivity contribution in [3.8, 4) is 21.0 Å². The van der Waals surface area contributed by atoms with Gasteiger partial charge in [-0.15, -0.1) is 11.3 Å². The summed E-state index contributed by atoms with van der Waals surface area (Å²) in [6.45, 7) is 0. The molecule has 0 fully saturated rings. The third kappa shape index (κ3) is 3.70. The second-order valence-corrected chi connectivity index (χ2v) is 10.4. The quantitative estimate of drug-likeness (QED) is 0.180. The number of nitrogens with two attached hydrogens (primary N) is 2. The zero-order valence-electron chi connectivity index (χ0n) is 18.1. The predicted octanol–water partition coefficient (Wildman–Crippen LogP) is 4.64. The number of rotatable bonds is 4. The lowest BCUT2D eigenvalue weighted by molar-refractivity contribution is -0.380. The minimum Gasteiger partial charge on any atom is -0.360 e. The molecule has 174 valence electrons. The van der Waals surface area contributed by atoms with E-state index in [9.17, 15) is 10.1 Å². The maximum Gasteiger partial charge on any atom is 0.344 e. The van der Waals surface area contributed by atoms with Crippen LogP contribution in [-0.2, 0) is 0 Å². The van der Waals surface area contributed by atoms with Crippen LogP contribution in [0.5, 0.6) is 0 Å². The molecule has 4 aromatic rings. The molecule has 6 N–H and O–H groups in total. The second-order valence-electron chi connectivity index (χ2n) is 8.33. The molecule has 4 heterocycles. The summed E-state index contributed by atoms with van der Waals surface area (Å²) in [5.41, 5.74) is 15.3. The molecule has 0 radical (unpaired) electrons. The fourth-order valence-electron chi connectivity index (χ4n) is 4.24. The van der Waals surface area contributed by atoms with Crippen molar-refractivity contribution in [2.45, 2.75) is 11.3 Å². The Bertz CT molecular complexity index is 1530. The Morgan fingerprint density at radius 2 is 1.63 bits per heavy atom. The molecule has 2 unspecified atom stereocenters. The zero-order chi connectivity index (χ0) is 24.2. The van der Waals surface area contributed by atoms with Gasteiger partial charge in [-0.2, -0.15) is 0 Å². The van der Waals surface area contributed by atoms with Crippen LogP contribution in [0, 0.1) is 10.1 Å². The Labute approximate surface area is 208 Å². The van der Waals surface area contributed by atoms with Crippen molar-refractivity contribution in [2.75, 3.05) is 10.6 Å². The van der Waals surface area contributed by atoms with Gasteiger partial charge < -0.3 is 22.1 Å². The van der Waals surface area contributed by atoms with Gasteiger partial charge in [-0.1, -0.05) is 36.4 Å². The average Bonchev–Trinajstić information content (AvgIpc) is 3.52. The van der Waals surface area contributed by atoms with E-state index in [1.54, 1.807) is 29.6 Å². The lowest BCUT2D eigenvalue weighted by Crippen LogP contribution is -2.53. The van der Waals surface area contributed by atoms with E-state index in [1.807, 2.05) is 54.7 Å². The smallest absolute Gasteiger partial charge is 0.344 e. The van der Waals surface area contributed by atoms with Crippen LogP contribution in [0.3, 0.4) is 0 Å². The number of nitrogens with zero attached hydrogens (tertiary/aromatic N) is 3. The van der Waals surface area contributed by atoms with Gasteiger partial charge in [-0.3, -0.25) is 10.1 Å². The van der Waals surface area contributed by atoms with E-state index in [-0.39, 0.29) is 5.00 Å². The molecule has 2 aliphatic heterocycles. The summed E-state index contributed by atoms with van der Waals surface area (Å²) >= 11 is 2.52. The van der Waals surface area contributed by atoms with Gasteiger partial charge in [0.05, 0.1) is 15.4 Å². The fraction of sp³-hybridized carbons (Fsp3) is 0.0833. The number of nitrogens with one attached hydrogen (secondary N) is 2. The molecule has 11 heteroatoms. The molecule has 0 saturated carbocycles. The van der Waals surface area contributed by atoms with Crippen LogP contribution in [0.15, 0.2) is 79.2 Å². The topological polar surface area (TPSA) is 145 Å². The molecule has 7 rings (SSSR count). The van der Waals surface area contributed by atoms with Crippen molar-refractivity contribution in [3.05, 3.63) is 94.3 Å². The molecule has 2 aromatic heterocycles. The summed E-state index contributed by atoms with van der Waals surface area (Å²) in [7, 11) is 0. The maximum atomic E-state index is 11.3. The van der Waals surface area contributed by atoms with Gasteiger partial charge in [-0.25, -0.2) is 9.97 Å². The van der Waals surface area contributed by atoms with Crippen molar-refractivity contribution in [2.24, 2.45) is 11.5 Å². The Balaban J connectivity index is 1.48. The molecule has 4 bridgehead atoms. The second kappa shape index (κ2) is 7.82. The maximum absolute atomic E-state index is 11.3. The summed E-state index contributed by atoms with van der Waals surface area (Å²) in [5, 5.41) is 19.3. The average molecular weight is 502 g/mol. The Morgan fingerprint density at radius 1 is 0.886 bits per heavy atom. The van der Waals surface area contributed by atoms with Crippen molar-refractivity contribution in [1.82, 2.24) is 9.97 Å². The first-order valence-corrected chi connectivity index (χ1v) is 12.3. The Kier molecular flexibility index (Phi) is 4.83. The van der Waals surface area contributed by atoms with Gasteiger partial charge in [-0.05, 0) is 47.3 Å². The minimum atomic E-state index is -1.20. The number of nitro groups is 1. The van der Waals surface area contributed by atoms with Crippen LogP contribution >= 0.6 is 22.7 Å². The van der Waals surface area contributed by atoms with Gasteiger partial charge in [0, 0.05) is 23.1 Å². The molecule has 3 aliphatic rings. The summed E-state index contributed by atoms with van der Waals surface area (Å²) in [6, 6.07) is 15.8. The lowest BCUT2D eigenvalue weighted by atomic mass is 9.89. The largest absolute Gasteiger partial charge is 0.360 e. The third-order valence-electron chi connectivity index (χ3n) is 5.89. The summed E-state index contributed by atoms with van der Waals surface area (Å²) in [4.78, 5) is 20.8. The first-order valence-electron chi connectivity index (χ1n) is 10.7. The standard InChI is InChI=1S/C24H19N7O2S2/c25-23-9-10-24(26,15(11-23)21-28-13-19(35-21)31(32)33)30-17-8-4-7-16(29-23)20(17)22-27-12-18(34-22)14-5-2-1-3-6-14/h1-13,29-30H,25-26H2. The van der Waals surface area contributed by atoms with E-state index in [0.29, 0.717) is 10.6 Å². The van der Waals surface area contributed by atoms with Crippen LogP contribution in [0.4, 0.5) is 16.4 Å². The highest BCUT2D eigenvalue weighted by atomic mass is 32.1. The number of aromatic nitrogens is 2. The Hall–Kier alpha value is -3.90. The molecular formula is C24H19N7O2S2. The van der Waals surface area contributed by atoms with Crippen LogP contribution in [0.25, 0.3) is 26.6 Å². The van der Waals surface area contributed by atoms with E-state index >= 15 is 0 Å². The lowest BCUT2D eigenvalue weighted by Gasteiger charge is -2.36. The SMILES string of the molecule is NC12C=CC(N)(Nc3cccc(c3-c3ncc(-c4ccccc4)s3)N1)C(c1ncc([N+](=O)[O-])s1)=C2. The molecule has 9 nitrogen and oxygen atoms in total. The van der Waals surface area contributed by atoms with Crippen LogP contribution < -0.4 is 22.1 Å². The first-order chi connectivity index (χ1) is 16.8. The van der Waals surface area contributed by atoms with E-state index in [2.05, 4.69) is 15.6 Å². The zero-order valence-corrected chi connectivity index (χ0v) is 19.8. The van der Waals surface area contributed by atoms with Crippen LogP contribution in [-0.4, -0.2) is 26.2 Å². The van der Waals surface area contributed by atoms with E-state index in [0.717, 1.165) is 43.7 Å². The highest BCUT2D eigenvalue weighted by Gasteiger charge is 2.40. The summed E-state index contributed by atoms with van der Waals surface area (Å²) < 4.78 is 0. The molecule has 0 spiro atoms. The van der Waals surface area contributed by atoms with Gasteiger partial charge in [0.15, 0.2) is 0 Å². The van der Waals surface area contributed by atoms with Crippen molar-refractivity contribution >= 4 is 44.6 Å². The first kappa shape index (κ1) is 21.6. The van der Waals surface area contributed by atoms with Gasteiger partial charge in [0.1, 0.15) is 27.5 Å². The van der Waals surface area contributed by atoms with Gasteiger partial charge in [0.25, 0.3) is 0 Å². The van der Waals surface area contributed by atoms with E-state index < -0.39 is 16.2 Å². The van der Waals surface area contributed by atoms with E-state index in [4.69, 9.17) is 16.5 Å². The molecular weight excluding hydrogens is 482 g/mol. The van der Waals surface area contributed by atoms with Crippen LogP contribution in [0.2, 0.25) is 0 Å². The molecule has 0 amide bonds. The summed E-state index contributed by atoms with van der Waals surface area (Å²) in [5.74, 6) is 0. The van der Waals surface area contributed by atoms with Crippen LogP contribution in [0.1, 0.15) is 5.01 Å². The molecule has 1 aliphatic carbocycles. The number of benzene rings is 2. The molecule has 2 atom stereocenters. The van der Waals surface area contributed by atoms with E-state index in [1.165, 1.54) is 6.20 Å². The van der Waals surface area contributed by atoms with Gasteiger partial charge in [0.2, 0.25) is 0 Å². The highest BCUT2D eigenvalue weighted by Crippen LogP contribution is 2.46. The Morgan fingerprint density at radius 3 is 2.37 bits per heavy atom. The molecule has 2 aromatic carbocycles. The van der Waals surface area contributed by atoms with Gasteiger partial charge >= 0.3 is 5.00 Å². The monoisotopic (exact) mass is 501 g/mol.